The molecule has 1 aromatic carbocycles. The fraction of sp³-hybridized carbons (Fsp3) is 0.0769. The van der Waals surface area contributed by atoms with Crippen molar-refractivity contribution in [1.82, 2.24) is 0 Å². The highest BCUT2D eigenvalue weighted by molar-refractivity contribution is 7.16. The minimum absolute atomic E-state index is 0.262. The summed E-state index contributed by atoms with van der Waals surface area (Å²) >= 11 is 1.37. The van der Waals surface area contributed by atoms with Gasteiger partial charge in [-0.1, -0.05) is 6.07 Å². The van der Waals surface area contributed by atoms with Gasteiger partial charge in [-0.3, -0.25) is 0 Å². The second-order valence-corrected chi connectivity index (χ2v) is 4.69. The van der Waals surface area contributed by atoms with E-state index in [2.05, 4.69) is 6.07 Å². The Hall–Kier alpha value is -2.12. The van der Waals surface area contributed by atoms with Crippen molar-refractivity contribution >= 4 is 17.3 Å². The van der Waals surface area contributed by atoms with Crippen molar-refractivity contribution in [2.75, 3.05) is 0 Å². The molecular formula is C13H9NO2S. The Labute approximate surface area is 103 Å². The van der Waals surface area contributed by atoms with Crippen molar-refractivity contribution in [2.24, 2.45) is 0 Å². The lowest BCUT2D eigenvalue weighted by molar-refractivity contribution is 0.0697. The highest BCUT2D eigenvalue weighted by Crippen LogP contribution is 2.30. The largest absolute Gasteiger partial charge is 0.478 e. The summed E-state index contributed by atoms with van der Waals surface area (Å²) in [6, 6.07) is 10.7. The lowest BCUT2D eigenvalue weighted by Gasteiger charge is -2.04. The lowest BCUT2D eigenvalue weighted by Crippen LogP contribution is -1.96. The third-order valence-electron chi connectivity index (χ3n) is 2.47. The van der Waals surface area contributed by atoms with Crippen molar-refractivity contribution in [2.45, 2.75) is 6.92 Å². The van der Waals surface area contributed by atoms with Gasteiger partial charge in [0.1, 0.15) is 10.9 Å². The molecule has 0 saturated carbocycles. The molecule has 84 valence electrons. The van der Waals surface area contributed by atoms with Crippen molar-refractivity contribution < 1.29 is 9.90 Å². The summed E-state index contributed by atoms with van der Waals surface area (Å²) in [5.41, 5.74) is 2.13. The molecule has 1 N–H and O–H groups in total. The molecule has 0 spiro atoms. The van der Waals surface area contributed by atoms with Gasteiger partial charge in [0.05, 0.1) is 5.56 Å². The summed E-state index contributed by atoms with van der Waals surface area (Å²) in [6.45, 7) is 1.92. The number of aryl methyl sites for hydroxylation is 1. The van der Waals surface area contributed by atoms with E-state index in [0.717, 1.165) is 16.0 Å². The van der Waals surface area contributed by atoms with Gasteiger partial charge in [-0.2, -0.15) is 5.26 Å². The van der Waals surface area contributed by atoms with Gasteiger partial charge in [-0.25, -0.2) is 4.79 Å². The van der Waals surface area contributed by atoms with Crippen LogP contribution in [-0.4, -0.2) is 11.1 Å². The number of thiophene rings is 1. The molecule has 0 unspecified atom stereocenters. The molecule has 1 aromatic heterocycles. The minimum Gasteiger partial charge on any atom is -0.478 e. The molecule has 0 saturated heterocycles. The van der Waals surface area contributed by atoms with Crippen molar-refractivity contribution in [3.63, 3.8) is 0 Å². The number of aromatic carboxylic acids is 1. The summed E-state index contributed by atoms with van der Waals surface area (Å²) in [4.78, 5) is 12.5. The highest BCUT2D eigenvalue weighted by Gasteiger charge is 2.09. The summed E-state index contributed by atoms with van der Waals surface area (Å²) in [5.74, 6) is -0.941. The number of hydrogen-bond acceptors (Lipinski definition) is 3. The van der Waals surface area contributed by atoms with Crippen LogP contribution in [-0.2, 0) is 0 Å². The van der Waals surface area contributed by atoms with E-state index in [4.69, 9.17) is 10.4 Å². The van der Waals surface area contributed by atoms with Gasteiger partial charge in [0.25, 0.3) is 0 Å². The van der Waals surface area contributed by atoms with Crippen LogP contribution in [0.1, 0.15) is 20.8 Å². The number of benzene rings is 1. The average molecular weight is 243 g/mol. The zero-order valence-corrected chi connectivity index (χ0v) is 9.91. The summed E-state index contributed by atoms with van der Waals surface area (Å²) in [6.07, 6.45) is 0. The molecule has 0 aliphatic carbocycles. The van der Waals surface area contributed by atoms with Gasteiger partial charge in [-0.05, 0) is 42.3 Å². The Morgan fingerprint density at radius 2 is 2.12 bits per heavy atom. The Morgan fingerprint density at radius 1 is 1.35 bits per heavy atom. The van der Waals surface area contributed by atoms with Crippen LogP contribution in [0.25, 0.3) is 10.4 Å². The van der Waals surface area contributed by atoms with E-state index >= 15 is 0 Å². The zero-order chi connectivity index (χ0) is 12.4. The van der Waals surface area contributed by atoms with E-state index in [0.29, 0.717) is 4.88 Å². The maximum absolute atomic E-state index is 10.9. The van der Waals surface area contributed by atoms with Gasteiger partial charge in [-0.15, -0.1) is 11.3 Å². The number of carboxylic acid groups (broad SMARTS) is 1. The molecule has 0 radical (unpaired) electrons. The number of nitriles is 1. The smallest absolute Gasteiger partial charge is 0.335 e. The molecule has 2 aromatic rings. The maximum Gasteiger partial charge on any atom is 0.335 e. The van der Waals surface area contributed by atoms with Crippen molar-refractivity contribution in [1.29, 1.82) is 5.26 Å². The van der Waals surface area contributed by atoms with Crippen LogP contribution >= 0.6 is 11.3 Å². The Kier molecular flexibility index (Phi) is 2.94. The van der Waals surface area contributed by atoms with Crippen LogP contribution in [0, 0.1) is 18.3 Å². The fourth-order valence-electron chi connectivity index (χ4n) is 1.56. The molecule has 17 heavy (non-hydrogen) atoms. The van der Waals surface area contributed by atoms with E-state index in [9.17, 15) is 4.79 Å². The first-order valence-electron chi connectivity index (χ1n) is 4.96. The maximum atomic E-state index is 10.9. The van der Waals surface area contributed by atoms with Crippen molar-refractivity contribution in [3.8, 4) is 16.5 Å². The van der Waals surface area contributed by atoms with E-state index in [1.165, 1.54) is 11.3 Å². The Bertz CT molecular complexity index is 623. The molecular weight excluding hydrogens is 234 g/mol. The zero-order valence-electron chi connectivity index (χ0n) is 9.10. The van der Waals surface area contributed by atoms with Crippen LogP contribution in [0.2, 0.25) is 0 Å². The molecule has 0 amide bonds. The average Bonchev–Trinajstić information content (AvgIpc) is 2.77. The molecule has 1 heterocycles. The Morgan fingerprint density at radius 3 is 2.71 bits per heavy atom. The van der Waals surface area contributed by atoms with Crippen LogP contribution in [0.4, 0.5) is 0 Å². The first-order chi connectivity index (χ1) is 8.11. The number of nitrogens with zero attached hydrogens (tertiary/aromatic N) is 1. The van der Waals surface area contributed by atoms with Crippen LogP contribution in [0.15, 0.2) is 30.3 Å². The van der Waals surface area contributed by atoms with Gasteiger partial charge >= 0.3 is 5.97 Å². The van der Waals surface area contributed by atoms with Crippen LogP contribution in [0.3, 0.4) is 0 Å². The van der Waals surface area contributed by atoms with Gasteiger partial charge < -0.3 is 5.11 Å². The van der Waals surface area contributed by atoms with E-state index in [-0.39, 0.29) is 5.56 Å². The molecule has 0 atom stereocenters. The third kappa shape index (κ3) is 2.19. The van der Waals surface area contributed by atoms with E-state index in [1.54, 1.807) is 24.3 Å². The molecule has 4 heteroatoms. The molecule has 0 aliphatic rings. The van der Waals surface area contributed by atoms with Crippen LogP contribution < -0.4 is 0 Å². The minimum atomic E-state index is -0.941. The normalized spacial score (nSPS) is 9.88. The summed E-state index contributed by atoms with van der Waals surface area (Å²) in [7, 11) is 0. The van der Waals surface area contributed by atoms with Gasteiger partial charge in [0.2, 0.25) is 0 Å². The Balaban J connectivity index is 2.54. The van der Waals surface area contributed by atoms with Crippen LogP contribution in [0.5, 0.6) is 0 Å². The molecule has 0 fully saturated rings. The SMILES string of the molecule is Cc1ccc(C(=O)O)cc1-c1ccc(C#N)s1. The predicted molar refractivity (Wildman–Crippen MR) is 66.2 cm³/mol. The third-order valence-corrected chi connectivity index (χ3v) is 3.49. The van der Waals surface area contributed by atoms with E-state index < -0.39 is 5.97 Å². The number of carboxylic acids is 1. The van der Waals surface area contributed by atoms with Crippen molar-refractivity contribution in [3.05, 3.63) is 46.3 Å². The first kappa shape index (κ1) is 11.4. The lowest BCUT2D eigenvalue weighted by atomic mass is 10.0. The fourth-order valence-corrected chi connectivity index (χ4v) is 2.45. The molecule has 0 bridgehead atoms. The molecule has 0 aliphatic heterocycles. The molecule has 3 nitrogen and oxygen atoms in total. The monoisotopic (exact) mass is 243 g/mol. The second-order valence-electron chi connectivity index (χ2n) is 3.61. The topological polar surface area (TPSA) is 61.1 Å². The second kappa shape index (κ2) is 4.40. The molecule has 2 rings (SSSR count). The summed E-state index contributed by atoms with van der Waals surface area (Å²) < 4.78 is 0. The van der Waals surface area contributed by atoms with Gasteiger partial charge in [0, 0.05) is 4.88 Å². The van der Waals surface area contributed by atoms with Gasteiger partial charge in [0.15, 0.2) is 0 Å². The predicted octanol–water partition coefficient (Wildman–Crippen LogP) is 3.29. The first-order valence-corrected chi connectivity index (χ1v) is 5.77. The number of hydrogen-bond donors (Lipinski definition) is 1. The number of rotatable bonds is 2. The standard InChI is InChI=1S/C13H9NO2S/c1-8-2-3-9(13(15)16)6-11(8)12-5-4-10(7-14)17-12/h2-6H,1H3,(H,15,16). The highest BCUT2D eigenvalue weighted by atomic mass is 32.1. The number of carbonyl (C=O) groups is 1. The quantitative estimate of drug-likeness (QED) is 0.880. The summed E-state index contributed by atoms with van der Waals surface area (Å²) in [5, 5.41) is 17.7. The van der Waals surface area contributed by atoms with E-state index in [1.807, 2.05) is 13.0 Å².